The molecule has 1 rings (SSSR count). The number of carbonyl (C=O) groups is 1. The van der Waals surface area contributed by atoms with Crippen LogP contribution in [0.3, 0.4) is 0 Å². The van der Waals surface area contributed by atoms with E-state index >= 15 is 0 Å². The fourth-order valence-corrected chi connectivity index (χ4v) is 1.54. The fraction of sp³-hybridized carbons (Fsp3) is 0.364. The van der Waals surface area contributed by atoms with E-state index in [0.717, 1.165) is 0 Å². The van der Waals surface area contributed by atoms with Gasteiger partial charge in [-0.25, -0.2) is 4.39 Å². The van der Waals surface area contributed by atoms with Gasteiger partial charge in [0.25, 0.3) is 5.91 Å². The van der Waals surface area contributed by atoms with Gasteiger partial charge < -0.3 is 5.32 Å². The van der Waals surface area contributed by atoms with Gasteiger partial charge in [-0.3, -0.25) is 4.79 Å². The molecule has 0 saturated carbocycles. The van der Waals surface area contributed by atoms with Crippen LogP contribution in [0.4, 0.5) is 4.39 Å². The monoisotopic (exact) mass is 259 g/mol. The summed E-state index contributed by atoms with van der Waals surface area (Å²) in [5.41, 5.74) is 0.430. The van der Waals surface area contributed by atoms with Crippen LogP contribution in [-0.2, 0) is 0 Å². The zero-order valence-electron chi connectivity index (χ0n) is 9.16. The van der Waals surface area contributed by atoms with Crippen molar-refractivity contribution < 1.29 is 9.18 Å². The molecule has 1 aromatic rings. The summed E-state index contributed by atoms with van der Waals surface area (Å²) in [6, 6.07) is 4.13. The number of thioether (sulfide) groups is 1. The molecule has 0 spiro atoms. The van der Waals surface area contributed by atoms with Crippen LogP contribution in [0.2, 0.25) is 0 Å². The molecule has 2 nitrogen and oxygen atoms in total. The first kappa shape index (κ1) is 13.4. The molecular weight excluding hydrogens is 245 g/mol. The number of halogens is 1. The maximum Gasteiger partial charge on any atom is 0.251 e. The van der Waals surface area contributed by atoms with Gasteiger partial charge in [0.15, 0.2) is 0 Å². The molecule has 0 saturated heterocycles. The van der Waals surface area contributed by atoms with Crippen molar-refractivity contribution in [3.63, 3.8) is 0 Å². The summed E-state index contributed by atoms with van der Waals surface area (Å²) in [5, 5.41) is 3.14. The van der Waals surface area contributed by atoms with E-state index in [1.807, 2.05) is 13.2 Å². The Morgan fingerprint density at radius 3 is 2.88 bits per heavy atom. The molecule has 0 aliphatic rings. The van der Waals surface area contributed by atoms with Crippen LogP contribution in [0.15, 0.2) is 23.1 Å². The molecule has 0 bridgehead atoms. The van der Waals surface area contributed by atoms with E-state index in [-0.39, 0.29) is 10.8 Å². The molecule has 5 heteroatoms. The summed E-state index contributed by atoms with van der Waals surface area (Å²) in [7, 11) is 0. The molecule has 0 heterocycles. The third-order valence-corrected chi connectivity index (χ3v) is 3.47. The molecule has 1 atom stereocenters. The minimum Gasteiger partial charge on any atom is -0.351 e. The van der Waals surface area contributed by atoms with Gasteiger partial charge in [-0.15, -0.1) is 12.6 Å². The minimum atomic E-state index is -0.419. The Kier molecular flexibility index (Phi) is 5.15. The second-order valence-electron chi connectivity index (χ2n) is 3.42. The zero-order valence-corrected chi connectivity index (χ0v) is 10.9. The number of benzene rings is 1. The number of nitrogens with one attached hydrogen (secondary N) is 1. The first-order chi connectivity index (χ1) is 7.54. The largest absolute Gasteiger partial charge is 0.351 e. The Bertz CT molecular complexity index is 384. The number of hydrogen-bond donors (Lipinski definition) is 2. The van der Waals surface area contributed by atoms with Crippen LogP contribution >= 0.6 is 24.4 Å². The lowest BCUT2D eigenvalue weighted by molar-refractivity contribution is 0.0954. The molecule has 1 N–H and O–H groups in total. The van der Waals surface area contributed by atoms with E-state index in [9.17, 15) is 9.18 Å². The minimum absolute atomic E-state index is 0.186. The molecular formula is C11H14FNOS2. The number of hydrogen-bond acceptors (Lipinski definition) is 3. The van der Waals surface area contributed by atoms with Crippen molar-refractivity contribution in [1.29, 1.82) is 0 Å². The van der Waals surface area contributed by atoms with Crippen molar-refractivity contribution in [2.24, 2.45) is 0 Å². The first-order valence-corrected chi connectivity index (χ1v) is 6.57. The van der Waals surface area contributed by atoms with Gasteiger partial charge in [0, 0.05) is 22.3 Å². The maximum absolute atomic E-state index is 12.9. The van der Waals surface area contributed by atoms with Gasteiger partial charge in [0.05, 0.1) is 0 Å². The average Bonchev–Trinajstić information content (AvgIpc) is 2.29. The molecule has 0 aromatic heterocycles. The number of rotatable bonds is 4. The van der Waals surface area contributed by atoms with E-state index in [2.05, 4.69) is 17.9 Å². The fourth-order valence-electron chi connectivity index (χ4n) is 1.08. The third-order valence-electron chi connectivity index (χ3n) is 2.16. The van der Waals surface area contributed by atoms with E-state index in [1.165, 1.54) is 18.2 Å². The smallest absolute Gasteiger partial charge is 0.251 e. The number of amides is 1. The summed E-state index contributed by atoms with van der Waals surface area (Å²) in [6.45, 7) is 2.62. The molecule has 0 fully saturated rings. The molecule has 0 radical (unpaired) electrons. The lowest BCUT2D eigenvalue weighted by Gasteiger charge is -2.10. The van der Waals surface area contributed by atoms with Crippen molar-refractivity contribution in [3.05, 3.63) is 29.6 Å². The lowest BCUT2D eigenvalue weighted by atomic mass is 10.2. The zero-order chi connectivity index (χ0) is 12.1. The van der Waals surface area contributed by atoms with Crippen LogP contribution < -0.4 is 5.32 Å². The number of carbonyl (C=O) groups excluding carboxylic acids is 1. The van der Waals surface area contributed by atoms with Gasteiger partial charge in [0.1, 0.15) is 5.82 Å². The Hall–Kier alpha value is -0.680. The average molecular weight is 259 g/mol. The molecule has 0 aliphatic carbocycles. The molecule has 1 unspecified atom stereocenters. The summed E-state index contributed by atoms with van der Waals surface area (Å²) in [5.74, 6) is -0.617. The van der Waals surface area contributed by atoms with Gasteiger partial charge in [-0.1, -0.05) is 6.92 Å². The van der Waals surface area contributed by atoms with Crippen molar-refractivity contribution in [2.75, 3.05) is 12.8 Å². The Morgan fingerprint density at radius 1 is 1.62 bits per heavy atom. The summed E-state index contributed by atoms with van der Waals surface area (Å²) >= 11 is 5.61. The van der Waals surface area contributed by atoms with Gasteiger partial charge in [-0.05, 0) is 24.5 Å². The van der Waals surface area contributed by atoms with E-state index < -0.39 is 5.82 Å². The first-order valence-electron chi connectivity index (χ1n) is 4.84. The molecule has 0 aliphatic heterocycles. The highest BCUT2D eigenvalue weighted by atomic mass is 32.2. The van der Waals surface area contributed by atoms with Crippen LogP contribution in [0.1, 0.15) is 17.3 Å². The lowest BCUT2D eigenvalue weighted by Crippen LogP contribution is -2.29. The van der Waals surface area contributed by atoms with Gasteiger partial charge >= 0.3 is 0 Å². The van der Waals surface area contributed by atoms with Crippen molar-refractivity contribution in [3.8, 4) is 0 Å². The molecule has 1 aromatic carbocycles. The quantitative estimate of drug-likeness (QED) is 0.814. The van der Waals surface area contributed by atoms with Crippen molar-refractivity contribution in [1.82, 2.24) is 5.32 Å². The molecule has 16 heavy (non-hydrogen) atoms. The normalized spacial score (nSPS) is 12.2. The van der Waals surface area contributed by atoms with Crippen LogP contribution in [-0.4, -0.2) is 24.0 Å². The Morgan fingerprint density at radius 2 is 2.31 bits per heavy atom. The molecule has 88 valence electrons. The van der Waals surface area contributed by atoms with Gasteiger partial charge in [-0.2, -0.15) is 11.8 Å². The number of thiol groups is 1. The predicted octanol–water partition coefficient (Wildman–Crippen LogP) is 2.60. The third kappa shape index (κ3) is 3.72. The Balaban J connectivity index is 2.63. The second kappa shape index (κ2) is 6.15. The summed E-state index contributed by atoms with van der Waals surface area (Å²) in [4.78, 5) is 11.8. The van der Waals surface area contributed by atoms with Crippen LogP contribution in [0.25, 0.3) is 0 Å². The second-order valence-corrected chi connectivity index (χ2v) is 5.18. The van der Waals surface area contributed by atoms with E-state index in [4.69, 9.17) is 0 Å². The summed E-state index contributed by atoms with van der Waals surface area (Å²) in [6.07, 6.45) is 1.99. The molecule has 1 amide bonds. The van der Waals surface area contributed by atoms with Crippen molar-refractivity contribution in [2.45, 2.75) is 17.1 Å². The highest BCUT2D eigenvalue weighted by Gasteiger charge is 2.08. The standard InChI is InChI=1S/C11H14FNOS2/c1-7(16-2)6-13-11(14)8-3-4-9(12)10(15)5-8/h3-5,7,15H,6H2,1-2H3,(H,13,14). The highest BCUT2D eigenvalue weighted by Crippen LogP contribution is 2.14. The predicted molar refractivity (Wildman–Crippen MR) is 69.0 cm³/mol. The highest BCUT2D eigenvalue weighted by molar-refractivity contribution is 7.99. The van der Waals surface area contributed by atoms with E-state index in [0.29, 0.717) is 17.4 Å². The maximum atomic E-state index is 12.9. The SMILES string of the molecule is CSC(C)CNC(=O)c1ccc(F)c(S)c1. The van der Waals surface area contributed by atoms with Crippen LogP contribution in [0.5, 0.6) is 0 Å². The Labute approximate surface area is 104 Å². The topological polar surface area (TPSA) is 29.1 Å². The summed E-state index contributed by atoms with van der Waals surface area (Å²) < 4.78 is 12.9. The van der Waals surface area contributed by atoms with Crippen LogP contribution in [0, 0.1) is 5.82 Å². The van der Waals surface area contributed by atoms with Crippen molar-refractivity contribution >= 4 is 30.3 Å². The van der Waals surface area contributed by atoms with E-state index in [1.54, 1.807) is 11.8 Å². The van der Waals surface area contributed by atoms with Gasteiger partial charge in [0.2, 0.25) is 0 Å².